The van der Waals surface area contributed by atoms with Gasteiger partial charge in [0.1, 0.15) is 0 Å². The quantitative estimate of drug-likeness (QED) is 0.857. The third-order valence-electron chi connectivity index (χ3n) is 1.86. The van der Waals surface area contributed by atoms with E-state index in [0.717, 1.165) is 5.69 Å². The van der Waals surface area contributed by atoms with Gasteiger partial charge in [0, 0.05) is 24.5 Å². The molecule has 1 heterocycles. The average Bonchev–Trinajstić information content (AvgIpc) is 2.61. The Labute approximate surface area is 102 Å². The van der Waals surface area contributed by atoms with E-state index < -0.39 is 5.51 Å². The number of halogens is 3. The van der Waals surface area contributed by atoms with Gasteiger partial charge in [-0.15, -0.1) is 5.10 Å². The SMILES string of the molecule is CC(C)NCc1cn(CCSC(F)(F)F)nn1. The van der Waals surface area contributed by atoms with E-state index in [4.69, 9.17) is 0 Å². The van der Waals surface area contributed by atoms with Crippen LogP contribution in [0.25, 0.3) is 0 Å². The van der Waals surface area contributed by atoms with Crippen LogP contribution >= 0.6 is 11.8 Å². The summed E-state index contributed by atoms with van der Waals surface area (Å²) in [7, 11) is 0. The number of rotatable bonds is 6. The summed E-state index contributed by atoms with van der Waals surface area (Å²) >= 11 is -0.0483. The molecule has 1 rings (SSSR count). The first-order valence-corrected chi connectivity index (χ1v) is 6.18. The molecule has 0 aromatic carbocycles. The number of alkyl halides is 3. The molecule has 0 amide bonds. The maximum atomic E-state index is 11.9. The van der Waals surface area contributed by atoms with E-state index >= 15 is 0 Å². The molecule has 0 aliphatic heterocycles. The summed E-state index contributed by atoms with van der Waals surface area (Å²) in [6.07, 6.45) is 1.66. The van der Waals surface area contributed by atoms with Crippen molar-refractivity contribution in [3.63, 3.8) is 0 Å². The van der Waals surface area contributed by atoms with Crippen molar-refractivity contribution in [2.75, 3.05) is 5.75 Å². The third-order valence-corrected chi connectivity index (χ3v) is 2.58. The van der Waals surface area contributed by atoms with Crippen molar-refractivity contribution in [1.29, 1.82) is 0 Å². The third kappa shape index (κ3) is 6.52. The molecule has 98 valence electrons. The largest absolute Gasteiger partial charge is 0.441 e. The van der Waals surface area contributed by atoms with Crippen LogP contribution in [0.4, 0.5) is 13.2 Å². The van der Waals surface area contributed by atoms with E-state index in [0.29, 0.717) is 12.6 Å². The highest BCUT2D eigenvalue weighted by atomic mass is 32.2. The number of hydrogen-bond acceptors (Lipinski definition) is 4. The number of thioether (sulfide) groups is 1. The maximum Gasteiger partial charge on any atom is 0.441 e. The van der Waals surface area contributed by atoms with E-state index in [9.17, 15) is 13.2 Å². The van der Waals surface area contributed by atoms with E-state index in [1.165, 1.54) is 4.68 Å². The first kappa shape index (κ1) is 14.3. The van der Waals surface area contributed by atoms with E-state index in [2.05, 4.69) is 15.6 Å². The zero-order chi connectivity index (χ0) is 12.9. The summed E-state index contributed by atoms with van der Waals surface area (Å²) in [6.45, 7) is 4.79. The molecule has 0 aliphatic carbocycles. The van der Waals surface area contributed by atoms with Gasteiger partial charge in [0.15, 0.2) is 0 Å². The van der Waals surface area contributed by atoms with Crippen LogP contribution in [-0.4, -0.2) is 32.3 Å². The first-order valence-electron chi connectivity index (χ1n) is 5.20. The van der Waals surface area contributed by atoms with Gasteiger partial charge in [0.05, 0.1) is 12.2 Å². The molecule has 17 heavy (non-hydrogen) atoms. The second-order valence-electron chi connectivity index (χ2n) is 3.80. The van der Waals surface area contributed by atoms with Gasteiger partial charge in [0.25, 0.3) is 0 Å². The molecule has 0 spiro atoms. The fraction of sp³-hybridized carbons (Fsp3) is 0.778. The van der Waals surface area contributed by atoms with Gasteiger partial charge < -0.3 is 5.32 Å². The van der Waals surface area contributed by atoms with Crippen LogP contribution in [0.3, 0.4) is 0 Å². The minimum Gasteiger partial charge on any atom is -0.309 e. The number of aromatic nitrogens is 3. The lowest BCUT2D eigenvalue weighted by atomic mass is 10.3. The van der Waals surface area contributed by atoms with Crippen molar-refractivity contribution in [3.05, 3.63) is 11.9 Å². The standard InChI is InChI=1S/C9H15F3N4S/c1-7(2)13-5-8-6-16(15-14-8)3-4-17-9(10,11)12/h6-7,13H,3-5H2,1-2H3. The molecule has 0 aliphatic rings. The van der Waals surface area contributed by atoms with E-state index in [1.54, 1.807) is 6.20 Å². The van der Waals surface area contributed by atoms with Gasteiger partial charge in [-0.3, -0.25) is 4.68 Å². The minimum atomic E-state index is -4.18. The summed E-state index contributed by atoms with van der Waals surface area (Å²) in [6, 6.07) is 0.334. The molecular weight excluding hydrogens is 253 g/mol. The van der Waals surface area contributed by atoms with E-state index in [1.807, 2.05) is 13.8 Å². The Kier molecular flexibility index (Phi) is 5.26. The van der Waals surface area contributed by atoms with Gasteiger partial charge >= 0.3 is 5.51 Å². The Morgan fingerprint density at radius 2 is 2.18 bits per heavy atom. The normalized spacial score (nSPS) is 12.4. The average molecular weight is 268 g/mol. The van der Waals surface area contributed by atoms with Crippen molar-refractivity contribution in [1.82, 2.24) is 20.3 Å². The highest BCUT2D eigenvalue weighted by Crippen LogP contribution is 2.29. The number of hydrogen-bond donors (Lipinski definition) is 1. The predicted molar refractivity (Wildman–Crippen MR) is 60.5 cm³/mol. The van der Waals surface area contributed by atoms with Crippen LogP contribution in [0.15, 0.2) is 6.20 Å². The molecule has 0 unspecified atom stereocenters. The van der Waals surface area contributed by atoms with Gasteiger partial charge in [-0.05, 0) is 11.8 Å². The summed E-state index contributed by atoms with van der Waals surface area (Å²) in [5.74, 6) is -0.0517. The predicted octanol–water partition coefficient (Wildman–Crippen LogP) is 2.03. The van der Waals surface area contributed by atoms with E-state index in [-0.39, 0.29) is 24.1 Å². The molecule has 1 N–H and O–H groups in total. The van der Waals surface area contributed by atoms with Crippen LogP contribution in [0.5, 0.6) is 0 Å². The fourth-order valence-electron chi connectivity index (χ4n) is 1.09. The highest BCUT2D eigenvalue weighted by Gasteiger charge is 2.27. The summed E-state index contributed by atoms with van der Waals surface area (Å²) < 4.78 is 37.1. The molecule has 0 fully saturated rings. The molecule has 0 radical (unpaired) electrons. The van der Waals surface area contributed by atoms with Crippen molar-refractivity contribution in [2.24, 2.45) is 0 Å². The van der Waals surface area contributed by atoms with Crippen LogP contribution < -0.4 is 5.32 Å². The van der Waals surface area contributed by atoms with Crippen LogP contribution in [0.1, 0.15) is 19.5 Å². The second kappa shape index (κ2) is 6.25. The van der Waals surface area contributed by atoms with Crippen LogP contribution in [0, 0.1) is 0 Å². The van der Waals surface area contributed by atoms with Crippen molar-refractivity contribution in [3.8, 4) is 0 Å². The molecule has 1 aromatic rings. The number of nitrogens with one attached hydrogen (secondary N) is 1. The van der Waals surface area contributed by atoms with Crippen LogP contribution in [-0.2, 0) is 13.1 Å². The van der Waals surface area contributed by atoms with Gasteiger partial charge in [-0.1, -0.05) is 19.1 Å². The molecule has 0 atom stereocenters. The Morgan fingerprint density at radius 1 is 1.47 bits per heavy atom. The first-order chi connectivity index (χ1) is 7.87. The van der Waals surface area contributed by atoms with Gasteiger partial charge in [0.2, 0.25) is 0 Å². The monoisotopic (exact) mass is 268 g/mol. The fourth-order valence-corrected chi connectivity index (χ4v) is 1.60. The zero-order valence-corrected chi connectivity index (χ0v) is 10.5. The molecule has 1 aromatic heterocycles. The van der Waals surface area contributed by atoms with Crippen molar-refractivity contribution in [2.45, 2.75) is 38.5 Å². The summed E-state index contributed by atoms with van der Waals surface area (Å²) in [4.78, 5) is 0. The van der Waals surface area contributed by atoms with Crippen molar-refractivity contribution >= 4 is 11.8 Å². The Hall–Kier alpha value is -0.760. The summed E-state index contributed by atoms with van der Waals surface area (Å²) in [5.41, 5.74) is -3.45. The molecule has 0 bridgehead atoms. The maximum absolute atomic E-state index is 11.9. The van der Waals surface area contributed by atoms with Gasteiger partial charge in [-0.25, -0.2) is 0 Å². The number of aryl methyl sites for hydroxylation is 1. The lowest BCUT2D eigenvalue weighted by Crippen LogP contribution is -2.21. The van der Waals surface area contributed by atoms with Gasteiger partial charge in [-0.2, -0.15) is 13.2 Å². The lowest BCUT2D eigenvalue weighted by molar-refractivity contribution is -0.0328. The lowest BCUT2D eigenvalue weighted by Gasteiger charge is -2.05. The smallest absolute Gasteiger partial charge is 0.309 e. The topological polar surface area (TPSA) is 42.7 Å². The minimum absolute atomic E-state index is 0.0483. The molecule has 4 nitrogen and oxygen atoms in total. The Morgan fingerprint density at radius 3 is 2.76 bits per heavy atom. The second-order valence-corrected chi connectivity index (χ2v) is 4.96. The van der Waals surface area contributed by atoms with Crippen LogP contribution in [0.2, 0.25) is 0 Å². The zero-order valence-electron chi connectivity index (χ0n) is 9.66. The van der Waals surface area contributed by atoms with Crippen molar-refractivity contribution < 1.29 is 13.2 Å². The summed E-state index contributed by atoms with van der Waals surface area (Å²) in [5, 5.41) is 10.8. The molecule has 8 heteroatoms. The highest BCUT2D eigenvalue weighted by molar-refractivity contribution is 8.00. The molecular formula is C9H15F3N4S. The Balaban J connectivity index is 2.31. The molecule has 0 saturated heterocycles. The number of nitrogens with zero attached hydrogens (tertiary/aromatic N) is 3. The molecule has 0 saturated carbocycles. The Bertz CT molecular complexity index is 337.